The van der Waals surface area contributed by atoms with E-state index in [1.807, 2.05) is 37.5 Å². The van der Waals surface area contributed by atoms with Gasteiger partial charge in [0.05, 0.1) is 15.5 Å². The highest BCUT2D eigenvalue weighted by Gasteiger charge is 2.34. The summed E-state index contributed by atoms with van der Waals surface area (Å²) < 4.78 is 35.0. The first-order chi connectivity index (χ1) is 17.4. The molecule has 0 aromatic heterocycles. The van der Waals surface area contributed by atoms with Gasteiger partial charge < -0.3 is 14.7 Å². The number of unbranched alkanes of at least 4 members (excludes halogenated alkanes) is 1. The Labute approximate surface area is 222 Å². The van der Waals surface area contributed by atoms with Crippen LogP contribution in [-0.2, 0) is 15.8 Å². The van der Waals surface area contributed by atoms with Crippen LogP contribution in [0.1, 0.15) is 46.5 Å². The number of aldehydes is 1. The molecule has 1 aliphatic heterocycles. The molecule has 6 nitrogen and oxygen atoms in total. The molecule has 2 atom stereocenters. The number of ether oxygens (including phenoxy) is 1. The van der Waals surface area contributed by atoms with Crippen LogP contribution in [0.15, 0.2) is 70.6 Å². The normalized spacial score (nSPS) is 18.8. The fourth-order valence-electron chi connectivity index (χ4n) is 3.87. The standard InChI is InChI=1S/C26H35FN2O3S2.CH4O/c1-6-10-13-22-17-28(21(11-7-2)12-8-3)23-15-25(33-5)24(32-19-20(27)18-30)16-26(23)34(31)29(22)14-9-4;1-2/h7-8,11-12,15-16,18-19,22H,2,6,9-10,13-14,17H2,1,3-5H3;2H,1H3/b12-8-,20-19-,21-11+;. The zero-order chi connectivity index (χ0) is 27.1. The first-order valence-corrected chi connectivity index (χ1v) is 14.3. The second-order valence-electron chi connectivity index (χ2n) is 7.83. The predicted octanol–water partition coefficient (Wildman–Crippen LogP) is 6.17. The van der Waals surface area contributed by atoms with E-state index in [1.165, 1.54) is 11.8 Å². The molecule has 0 radical (unpaired) electrons. The van der Waals surface area contributed by atoms with Crippen LogP contribution in [0, 0.1) is 0 Å². The summed E-state index contributed by atoms with van der Waals surface area (Å²) in [6.45, 7) is 11.5. The van der Waals surface area contributed by atoms with Crippen molar-refractivity contribution in [2.45, 2.75) is 62.3 Å². The third-order valence-corrected chi connectivity index (χ3v) is 7.79. The molecule has 0 saturated heterocycles. The maximum absolute atomic E-state index is 14.0. The molecular weight excluding hydrogens is 499 g/mol. The van der Waals surface area contributed by atoms with Gasteiger partial charge in [-0.3, -0.25) is 4.79 Å². The molecule has 1 aliphatic rings. The largest absolute Gasteiger partial charge is 0.461 e. The number of thioether (sulfide) groups is 1. The number of aliphatic hydroxyl groups excluding tert-OH is 1. The molecule has 9 heteroatoms. The number of carbonyl (C=O) groups excluding carboxylic acids is 1. The van der Waals surface area contributed by atoms with Crippen LogP contribution in [-0.4, -0.2) is 52.4 Å². The maximum Gasteiger partial charge on any atom is 0.197 e. The minimum atomic E-state index is -1.44. The van der Waals surface area contributed by atoms with E-state index in [2.05, 4.69) is 29.6 Å². The van der Waals surface area contributed by atoms with Crippen molar-refractivity contribution in [1.29, 1.82) is 0 Å². The van der Waals surface area contributed by atoms with Crippen molar-refractivity contribution in [1.82, 2.24) is 4.31 Å². The number of aliphatic hydroxyl groups is 1. The highest BCUT2D eigenvalue weighted by atomic mass is 32.2. The monoisotopic (exact) mass is 538 g/mol. The lowest BCUT2D eigenvalue weighted by Gasteiger charge is -2.32. The molecule has 0 aliphatic carbocycles. The van der Waals surface area contributed by atoms with Gasteiger partial charge in [0.2, 0.25) is 0 Å². The molecule has 200 valence electrons. The second-order valence-corrected chi connectivity index (χ2v) is 10.1. The molecule has 1 aromatic carbocycles. The first kappa shape index (κ1) is 31.8. The summed E-state index contributed by atoms with van der Waals surface area (Å²) in [6.07, 6.45) is 14.4. The smallest absolute Gasteiger partial charge is 0.197 e. The number of benzene rings is 1. The van der Waals surface area contributed by atoms with Gasteiger partial charge in [0, 0.05) is 38.0 Å². The number of halogens is 1. The van der Waals surface area contributed by atoms with Crippen LogP contribution in [0.4, 0.5) is 10.1 Å². The topological polar surface area (TPSA) is 70.1 Å². The highest BCUT2D eigenvalue weighted by Crippen LogP contribution is 2.41. The summed E-state index contributed by atoms with van der Waals surface area (Å²) >= 11 is 1.44. The average molecular weight is 539 g/mol. The third kappa shape index (κ3) is 8.44. The molecule has 1 N–H and O–H groups in total. The van der Waals surface area contributed by atoms with Crippen molar-refractivity contribution in [2.75, 3.05) is 31.4 Å². The van der Waals surface area contributed by atoms with Crippen molar-refractivity contribution in [2.24, 2.45) is 0 Å². The van der Waals surface area contributed by atoms with Crippen molar-refractivity contribution >= 4 is 34.7 Å². The number of anilines is 1. The van der Waals surface area contributed by atoms with Crippen LogP contribution in [0.5, 0.6) is 5.75 Å². The molecule has 36 heavy (non-hydrogen) atoms. The molecule has 0 saturated carbocycles. The van der Waals surface area contributed by atoms with Gasteiger partial charge in [-0.1, -0.05) is 45.4 Å². The molecule has 0 bridgehead atoms. The van der Waals surface area contributed by atoms with Crippen LogP contribution in [0.25, 0.3) is 0 Å². The van der Waals surface area contributed by atoms with Crippen molar-refractivity contribution < 1.29 is 23.2 Å². The Morgan fingerprint density at radius 1 is 1.33 bits per heavy atom. The van der Waals surface area contributed by atoms with Gasteiger partial charge in [0.15, 0.2) is 12.1 Å². The Kier molecular flexibility index (Phi) is 15.3. The summed E-state index contributed by atoms with van der Waals surface area (Å²) in [6, 6.07) is 3.73. The van der Waals surface area contributed by atoms with Gasteiger partial charge in [0.1, 0.15) is 23.0 Å². The maximum atomic E-state index is 14.0. The van der Waals surface area contributed by atoms with Gasteiger partial charge in [-0.15, -0.1) is 11.8 Å². The van der Waals surface area contributed by atoms with Gasteiger partial charge >= 0.3 is 0 Å². The van der Waals surface area contributed by atoms with Crippen LogP contribution in [0.2, 0.25) is 0 Å². The zero-order valence-corrected chi connectivity index (χ0v) is 23.5. The van der Waals surface area contributed by atoms with Crippen molar-refractivity contribution in [3.63, 3.8) is 0 Å². The van der Waals surface area contributed by atoms with Gasteiger partial charge in [-0.25, -0.2) is 8.51 Å². The SMILES string of the molecule is C=C/C=C(\C=C/C)N1CC(CCCC)N(CCC)S(=O)c2cc(O/C=C(\F)C=O)c(SC)cc21.CO. The van der Waals surface area contributed by atoms with Crippen molar-refractivity contribution in [3.8, 4) is 5.75 Å². The zero-order valence-electron chi connectivity index (χ0n) is 21.9. The van der Waals surface area contributed by atoms with E-state index in [0.717, 1.165) is 55.3 Å². The third-order valence-electron chi connectivity index (χ3n) is 5.42. The minimum absolute atomic E-state index is 0.0844. The molecule has 1 aromatic rings. The van der Waals surface area contributed by atoms with E-state index in [-0.39, 0.29) is 12.3 Å². The number of hydrogen-bond donors (Lipinski definition) is 1. The number of fused-ring (bicyclic) bond motifs is 1. The summed E-state index contributed by atoms with van der Waals surface area (Å²) in [4.78, 5) is 14.2. The van der Waals surface area contributed by atoms with E-state index in [0.29, 0.717) is 23.7 Å². The predicted molar refractivity (Wildman–Crippen MR) is 149 cm³/mol. The molecular formula is C27H39FN2O4S2. The molecule has 0 spiro atoms. The number of allylic oxidation sites excluding steroid dienone is 5. The number of nitrogens with zero attached hydrogens (tertiary/aromatic N) is 2. The summed E-state index contributed by atoms with van der Waals surface area (Å²) in [7, 11) is -0.444. The van der Waals surface area contributed by atoms with E-state index >= 15 is 0 Å². The number of hydrogen-bond acceptors (Lipinski definition) is 6. The van der Waals surface area contributed by atoms with E-state index in [1.54, 1.807) is 12.1 Å². The Morgan fingerprint density at radius 3 is 2.61 bits per heavy atom. The lowest BCUT2D eigenvalue weighted by molar-refractivity contribution is -0.106. The minimum Gasteiger partial charge on any atom is -0.461 e. The first-order valence-electron chi connectivity index (χ1n) is 12.0. The van der Waals surface area contributed by atoms with Gasteiger partial charge in [-0.05, 0) is 44.2 Å². The Morgan fingerprint density at radius 2 is 2.06 bits per heavy atom. The summed E-state index contributed by atoms with van der Waals surface area (Å²) in [5.41, 5.74) is 1.77. The van der Waals surface area contributed by atoms with Crippen LogP contribution < -0.4 is 9.64 Å². The fraction of sp³-hybridized carbons (Fsp3) is 0.444. The average Bonchev–Trinajstić information content (AvgIpc) is 3.01. The highest BCUT2D eigenvalue weighted by molar-refractivity contribution is 7.98. The number of carbonyl (C=O) groups is 1. The summed E-state index contributed by atoms with van der Waals surface area (Å²) in [5, 5.41) is 7.00. The van der Waals surface area contributed by atoms with Gasteiger partial charge in [0.25, 0.3) is 0 Å². The fourth-order valence-corrected chi connectivity index (χ4v) is 6.01. The quantitative estimate of drug-likeness (QED) is 0.113. The molecule has 2 rings (SSSR count). The Balaban J connectivity index is 0.00000316. The lowest BCUT2D eigenvalue weighted by atomic mass is 10.1. The van der Waals surface area contributed by atoms with Crippen molar-refractivity contribution in [3.05, 3.63) is 60.8 Å². The second kappa shape index (κ2) is 17.3. The van der Waals surface area contributed by atoms with Crippen LogP contribution in [0.3, 0.4) is 0 Å². The molecule has 0 amide bonds. The van der Waals surface area contributed by atoms with Crippen LogP contribution >= 0.6 is 11.8 Å². The Hall–Kier alpha value is -2.20. The molecule has 0 fully saturated rings. The Bertz CT molecular complexity index is 979. The van der Waals surface area contributed by atoms with E-state index in [4.69, 9.17) is 9.84 Å². The van der Waals surface area contributed by atoms with E-state index in [9.17, 15) is 13.4 Å². The molecule has 1 heterocycles. The van der Waals surface area contributed by atoms with Gasteiger partial charge in [-0.2, -0.15) is 4.39 Å². The number of rotatable bonds is 12. The summed E-state index contributed by atoms with van der Waals surface area (Å²) in [5.74, 6) is -0.651. The molecule has 2 unspecified atom stereocenters. The lowest BCUT2D eigenvalue weighted by Crippen LogP contribution is -2.42. The van der Waals surface area contributed by atoms with E-state index < -0.39 is 16.8 Å².